The van der Waals surface area contributed by atoms with Gasteiger partial charge in [-0.05, 0) is 42.5 Å². The third kappa shape index (κ3) is 2.79. The highest BCUT2D eigenvalue weighted by molar-refractivity contribution is 14.1. The summed E-state index contributed by atoms with van der Waals surface area (Å²) in [5, 5.41) is 3.83. The average molecular weight is 297 g/mol. The molecule has 0 unspecified atom stereocenters. The van der Waals surface area contributed by atoms with E-state index in [1.807, 2.05) is 6.07 Å². The van der Waals surface area contributed by atoms with E-state index in [4.69, 9.17) is 11.6 Å². The highest BCUT2D eigenvalue weighted by Gasteiger charge is 2.02. The van der Waals surface area contributed by atoms with E-state index in [0.29, 0.717) is 11.1 Å². The summed E-state index contributed by atoms with van der Waals surface area (Å²) >= 11 is 8.12. The highest BCUT2D eigenvalue weighted by Crippen LogP contribution is 2.21. The van der Waals surface area contributed by atoms with Crippen LogP contribution in [0, 0.1) is 3.57 Å². The summed E-state index contributed by atoms with van der Waals surface area (Å²) in [6, 6.07) is 2.25. The Balaban J connectivity index is 2.86. The van der Waals surface area contributed by atoms with Crippen LogP contribution in [0.4, 0.5) is 5.82 Å². The van der Waals surface area contributed by atoms with Gasteiger partial charge in [0.05, 0.1) is 5.02 Å². The summed E-state index contributed by atoms with van der Waals surface area (Å²) in [5.74, 6) is 0.757. The first-order valence-corrected chi connectivity index (χ1v) is 5.13. The topological polar surface area (TPSA) is 24.9 Å². The molecule has 0 aromatic carbocycles. The van der Waals surface area contributed by atoms with E-state index in [-0.39, 0.29) is 0 Å². The maximum atomic E-state index is 5.94. The molecule has 0 aliphatic rings. The largest absolute Gasteiger partial charge is 0.367 e. The van der Waals surface area contributed by atoms with Crippen LogP contribution >= 0.6 is 34.2 Å². The molecule has 1 heterocycles. The van der Waals surface area contributed by atoms with Crippen LogP contribution in [0.1, 0.15) is 13.8 Å². The minimum absolute atomic E-state index is 0.357. The smallest absolute Gasteiger partial charge is 0.145 e. The Morgan fingerprint density at radius 1 is 1.58 bits per heavy atom. The third-order valence-corrected chi connectivity index (χ3v) is 2.11. The minimum atomic E-state index is 0.357. The predicted molar refractivity (Wildman–Crippen MR) is 60.7 cm³/mol. The van der Waals surface area contributed by atoms with Gasteiger partial charge in [-0.25, -0.2) is 4.98 Å². The Labute approximate surface area is 90.9 Å². The molecule has 12 heavy (non-hydrogen) atoms. The summed E-state index contributed by atoms with van der Waals surface area (Å²) in [4.78, 5) is 4.17. The van der Waals surface area contributed by atoms with Gasteiger partial charge in [0.25, 0.3) is 0 Å². The van der Waals surface area contributed by atoms with E-state index < -0.39 is 0 Å². The summed E-state index contributed by atoms with van der Waals surface area (Å²) < 4.78 is 1.05. The number of hydrogen-bond donors (Lipinski definition) is 1. The molecule has 1 aromatic rings. The molecule has 0 fully saturated rings. The van der Waals surface area contributed by atoms with Gasteiger partial charge in [-0.15, -0.1) is 0 Å². The van der Waals surface area contributed by atoms with Crippen LogP contribution in [0.3, 0.4) is 0 Å². The molecule has 0 atom stereocenters. The van der Waals surface area contributed by atoms with Crippen molar-refractivity contribution in [2.75, 3.05) is 5.32 Å². The molecule has 2 nitrogen and oxygen atoms in total. The van der Waals surface area contributed by atoms with E-state index in [2.05, 4.69) is 46.7 Å². The van der Waals surface area contributed by atoms with Crippen molar-refractivity contribution in [3.05, 3.63) is 20.9 Å². The first kappa shape index (κ1) is 10.1. The van der Waals surface area contributed by atoms with Crippen molar-refractivity contribution < 1.29 is 0 Å². The predicted octanol–water partition coefficient (Wildman–Crippen LogP) is 3.16. The summed E-state index contributed by atoms with van der Waals surface area (Å²) in [6.45, 7) is 4.10. The quantitative estimate of drug-likeness (QED) is 0.848. The zero-order valence-electron chi connectivity index (χ0n) is 6.94. The van der Waals surface area contributed by atoms with Gasteiger partial charge in [-0.3, -0.25) is 0 Å². The molecule has 4 heteroatoms. The van der Waals surface area contributed by atoms with Gasteiger partial charge in [-0.2, -0.15) is 0 Å². The van der Waals surface area contributed by atoms with Crippen molar-refractivity contribution >= 4 is 40.0 Å². The standard InChI is InChI=1S/C8H10ClIN2/c1-5(2)12-8-7(9)3-6(10)4-11-8/h3-5H,1-2H3,(H,11,12). The fraction of sp³-hybridized carbons (Fsp3) is 0.375. The molecule has 1 N–H and O–H groups in total. The lowest BCUT2D eigenvalue weighted by Gasteiger charge is -2.09. The van der Waals surface area contributed by atoms with E-state index in [9.17, 15) is 0 Å². The second kappa shape index (κ2) is 4.28. The molecule has 0 radical (unpaired) electrons. The lowest BCUT2D eigenvalue weighted by molar-refractivity contribution is 0.889. The maximum Gasteiger partial charge on any atom is 0.145 e. The summed E-state index contributed by atoms with van der Waals surface area (Å²) in [5.41, 5.74) is 0. The summed E-state index contributed by atoms with van der Waals surface area (Å²) in [7, 11) is 0. The molecule has 0 aliphatic carbocycles. The van der Waals surface area contributed by atoms with Crippen molar-refractivity contribution in [1.82, 2.24) is 4.98 Å². The zero-order valence-corrected chi connectivity index (χ0v) is 9.85. The Bertz CT molecular complexity index is 276. The van der Waals surface area contributed by atoms with Crippen LogP contribution in [0.5, 0.6) is 0 Å². The van der Waals surface area contributed by atoms with Gasteiger partial charge in [0.15, 0.2) is 0 Å². The zero-order chi connectivity index (χ0) is 9.14. The molecule has 0 spiro atoms. The van der Waals surface area contributed by atoms with Crippen LogP contribution in [-0.4, -0.2) is 11.0 Å². The Hall–Kier alpha value is -0.0300. The minimum Gasteiger partial charge on any atom is -0.367 e. The van der Waals surface area contributed by atoms with Crippen molar-refractivity contribution in [3.8, 4) is 0 Å². The van der Waals surface area contributed by atoms with Crippen LogP contribution in [-0.2, 0) is 0 Å². The molecule has 0 amide bonds. The van der Waals surface area contributed by atoms with E-state index in [1.165, 1.54) is 0 Å². The van der Waals surface area contributed by atoms with E-state index in [0.717, 1.165) is 9.39 Å². The van der Waals surface area contributed by atoms with Gasteiger partial charge in [0.2, 0.25) is 0 Å². The normalized spacial score (nSPS) is 10.4. The molecule has 66 valence electrons. The molecular weight excluding hydrogens is 286 g/mol. The Morgan fingerprint density at radius 3 is 2.75 bits per heavy atom. The van der Waals surface area contributed by atoms with Gasteiger partial charge in [0.1, 0.15) is 5.82 Å². The molecule has 1 rings (SSSR count). The van der Waals surface area contributed by atoms with Gasteiger partial charge >= 0.3 is 0 Å². The third-order valence-electron chi connectivity index (χ3n) is 1.23. The molecule has 0 saturated carbocycles. The molecule has 0 bridgehead atoms. The van der Waals surface area contributed by atoms with Crippen molar-refractivity contribution in [2.45, 2.75) is 19.9 Å². The first-order valence-electron chi connectivity index (χ1n) is 3.67. The first-order chi connectivity index (χ1) is 5.59. The lowest BCUT2D eigenvalue weighted by Crippen LogP contribution is -2.11. The molecule has 0 aliphatic heterocycles. The fourth-order valence-electron chi connectivity index (χ4n) is 0.794. The number of pyridine rings is 1. The van der Waals surface area contributed by atoms with Crippen molar-refractivity contribution in [1.29, 1.82) is 0 Å². The number of nitrogens with zero attached hydrogens (tertiary/aromatic N) is 1. The van der Waals surface area contributed by atoms with Crippen LogP contribution in [0.2, 0.25) is 5.02 Å². The number of hydrogen-bond acceptors (Lipinski definition) is 2. The van der Waals surface area contributed by atoms with Gasteiger partial charge < -0.3 is 5.32 Å². The van der Waals surface area contributed by atoms with E-state index >= 15 is 0 Å². The lowest BCUT2D eigenvalue weighted by atomic mass is 10.4. The molecular formula is C8H10ClIN2. The Morgan fingerprint density at radius 2 is 2.25 bits per heavy atom. The SMILES string of the molecule is CC(C)Nc1ncc(I)cc1Cl. The number of aromatic nitrogens is 1. The van der Waals surface area contributed by atoms with Gasteiger partial charge in [-0.1, -0.05) is 11.6 Å². The highest BCUT2D eigenvalue weighted by atomic mass is 127. The van der Waals surface area contributed by atoms with E-state index in [1.54, 1.807) is 6.20 Å². The second-order valence-electron chi connectivity index (χ2n) is 2.78. The van der Waals surface area contributed by atoms with Crippen LogP contribution < -0.4 is 5.32 Å². The number of rotatable bonds is 2. The fourth-order valence-corrected chi connectivity index (χ4v) is 1.65. The number of nitrogens with one attached hydrogen (secondary N) is 1. The maximum absolute atomic E-state index is 5.94. The summed E-state index contributed by atoms with van der Waals surface area (Å²) in [6.07, 6.45) is 1.79. The van der Waals surface area contributed by atoms with Crippen LogP contribution in [0.15, 0.2) is 12.3 Å². The molecule has 1 aromatic heterocycles. The molecule has 0 saturated heterocycles. The second-order valence-corrected chi connectivity index (χ2v) is 4.44. The van der Waals surface area contributed by atoms with Gasteiger partial charge in [0, 0.05) is 15.8 Å². The Kier molecular flexibility index (Phi) is 3.58. The number of anilines is 1. The van der Waals surface area contributed by atoms with Crippen molar-refractivity contribution in [3.63, 3.8) is 0 Å². The van der Waals surface area contributed by atoms with Crippen LogP contribution in [0.25, 0.3) is 0 Å². The monoisotopic (exact) mass is 296 g/mol. The number of halogens is 2. The van der Waals surface area contributed by atoms with Crippen molar-refractivity contribution in [2.24, 2.45) is 0 Å². The average Bonchev–Trinajstić information content (AvgIpc) is 1.94.